The van der Waals surface area contributed by atoms with E-state index in [-0.39, 0.29) is 12.5 Å². The van der Waals surface area contributed by atoms with Gasteiger partial charge in [0.1, 0.15) is 18.0 Å². The maximum atomic E-state index is 12.3. The van der Waals surface area contributed by atoms with Crippen molar-refractivity contribution in [1.29, 1.82) is 0 Å². The van der Waals surface area contributed by atoms with Crippen LogP contribution in [0.15, 0.2) is 84.0 Å². The fourth-order valence-corrected chi connectivity index (χ4v) is 4.01. The van der Waals surface area contributed by atoms with Crippen LogP contribution in [-0.2, 0) is 26.2 Å². The number of hydrogen-bond donors (Lipinski definition) is 2. The number of hydrogen-bond acceptors (Lipinski definition) is 7. The van der Waals surface area contributed by atoms with Crippen LogP contribution in [0.3, 0.4) is 0 Å². The van der Waals surface area contributed by atoms with Crippen molar-refractivity contribution in [3.63, 3.8) is 0 Å². The second kappa shape index (κ2) is 13.1. The molecule has 0 radical (unpaired) electrons. The zero-order valence-corrected chi connectivity index (χ0v) is 21.3. The van der Waals surface area contributed by atoms with E-state index in [1.54, 1.807) is 42.5 Å². The van der Waals surface area contributed by atoms with Crippen LogP contribution in [-0.4, -0.2) is 53.0 Å². The van der Waals surface area contributed by atoms with Gasteiger partial charge in [-0.3, -0.25) is 13.9 Å². The summed E-state index contributed by atoms with van der Waals surface area (Å²) in [5.74, 6) is 0.100. The van der Waals surface area contributed by atoms with E-state index in [1.165, 1.54) is 19.4 Å². The maximum absolute atomic E-state index is 12.3. The molecule has 0 unspecified atom stereocenters. The number of nitrogens with zero attached hydrogens (tertiary/aromatic N) is 2. The minimum atomic E-state index is -3.73. The Labute approximate surface area is 216 Å². The molecule has 0 heterocycles. The molecule has 3 aromatic rings. The van der Waals surface area contributed by atoms with Gasteiger partial charge in [0, 0.05) is 12.6 Å². The summed E-state index contributed by atoms with van der Waals surface area (Å²) >= 11 is 0. The van der Waals surface area contributed by atoms with E-state index < -0.39 is 22.5 Å². The molecule has 2 N–H and O–H groups in total. The van der Waals surface area contributed by atoms with Crippen molar-refractivity contribution in [2.24, 2.45) is 5.10 Å². The molecular weight excluding hydrogens is 496 g/mol. The number of anilines is 1. The molecule has 0 spiro atoms. The minimum Gasteiger partial charge on any atom is -0.497 e. The van der Waals surface area contributed by atoms with Crippen molar-refractivity contribution in [3.8, 4) is 11.5 Å². The number of ether oxygens (including phenoxy) is 2. The van der Waals surface area contributed by atoms with Gasteiger partial charge in [-0.2, -0.15) is 5.10 Å². The normalized spacial score (nSPS) is 11.1. The fourth-order valence-electron chi connectivity index (χ4n) is 3.16. The molecule has 0 saturated carbocycles. The fraction of sp³-hybridized carbons (Fsp3) is 0.192. The smallest absolute Gasteiger partial charge is 0.260 e. The lowest BCUT2D eigenvalue weighted by Gasteiger charge is -2.21. The van der Waals surface area contributed by atoms with Gasteiger partial charge in [-0.05, 0) is 47.5 Å². The average Bonchev–Trinajstić information content (AvgIpc) is 2.90. The second-order valence-corrected chi connectivity index (χ2v) is 9.79. The molecule has 11 heteroatoms. The molecule has 0 aliphatic rings. The van der Waals surface area contributed by atoms with Crippen molar-refractivity contribution in [2.45, 2.75) is 6.54 Å². The van der Waals surface area contributed by atoms with Gasteiger partial charge in [-0.1, -0.05) is 36.4 Å². The van der Waals surface area contributed by atoms with E-state index in [2.05, 4.69) is 15.8 Å². The number of carbonyl (C=O) groups is 2. The monoisotopic (exact) mass is 524 g/mol. The Kier molecular flexibility index (Phi) is 9.61. The molecule has 0 fully saturated rings. The van der Waals surface area contributed by atoms with Crippen LogP contribution in [0.5, 0.6) is 11.5 Å². The van der Waals surface area contributed by atoms with Gasteiger partial charge in [0.15, 0.2) is 6.61 Å². The first-order valence-corrected chi connectivity index (χ1v) is 13.1. The van der Waals surface area contributed by atoms with Crippen LogP contribution in [0.2, 0.25) is 0 Å². The van der Waals surface area contributed by atoms with E-state index >= 15 is 0 Å². The van der Waals surface area contributed by atoms with Crippen LogP contribution in [0.4, 0.5) is 5.69 Å². The molecule has 0 atom stereocenters. The van der Waals surface area contributed by atoms with Gasteiger partial charge in [-0.15, -0.1) is 0 Å². The number of sulfonamides is 1. The number of nitrogens with one attached hydrogen (secondary N) is 2. The van der Waals surface area contributed by atoms with Gasteiger partial charge < -0.3 is 14.8 Å². The van der Waals surface area contributed by atoms with E-state index in [0.29, 0.717) is 29.3 Å². The van der Waals surface area contributed by atoms with Crippen LogP contribution in [0.25, 0.3) is 0 Å². The van der Waals surface area contributed by atoms with E-state index in [4.69, 9.17) is 9.47 Å². The third-order valence-corrected chi connectivity index (χ3v) is 6.15. The SMILES string of the molecule is COc1cccc(N(CC(=O)N/N=C\c2ccc(OCC(=O)NCc3ccccc3)cc2)S(C)(=O)=O)c1. The number of methoxy groups -OCH3 is 1. The zero-order chi connectivity index (χ0) is 26.7. The summed E-state index contributed by atoms with van der Waals surface area (Å²) in [5.41, 5.74) is 4.28. The van der Waals surface area contributed by atoms with Crippen LogP contribution in [0, 0.1) is 0 Å². The Hall–Kier alpha value is -4.38. The third-order valence-electron chi connectivity index (χ3n) is 5.01. The van der Waals surface area contributed by atoms with Crippen LogP contribution < -0.4 is 24.5 Å². The van der Waals surface area contributed by atoms with Crippen LogP contribution >= 0.6 is 0 Å². The molecule has 3 rings (SSSR count). The molecule has 2 amide bonds. The molecule has 194 valence electrons. The van der Waals surface area contributed by atoms with Crippen molar-refractivity contribution in [2.75, 3.05) is 30.8 Å². The number of hydrazone groups is 1. The van der Waals surface area contributed by atoms with Gasteiger partial charge in [0.05, 0.1) is 25.3 Å². The molecule has 0 aromatic heterocycles. The molecule has 3 aromatic carbocycles. The highest BCUT2D eigenvalue weighted by Gasteiger charge is 2.21. The first kappa shape index (κ1) is 27.2. The Bertz CT molecular complexity index is 1330. The highest BCUT2D eigenvalue weighted by atomic mass is 32.2. The first-order valence-electron chi connectivity index (χ1n) is 11.2. The minimum absolute atomic E-state index is 0.125. The number of benzene rings is 3. The van der Waals surface area contributed by atoms with Gasteiger partial charge in [0.2, 0.25) is 10.0 Å². The maximum Gasteiger partial charge on any atom is 0.260 e. The Morgan fingerprint density at radius 1 is 0.946 bits per heavy atom. The number of rotatable bonds is 12. The Morgan fingerprint density at radius 3 is 2.35 bits per heavy atom. The van der Waals surface area contributed by atoms with Crippen molar-refractivity contribution < 1.29 is 27.5 Å². The highest BCUT2D eigenvalue weighted by molar-refractivity contribution is 7.92. The van der Waals surface area contributed by atoms with E-state index in [1.807, 2.05) is 30.3 Å². The second-order valence-electron chi connectivity index (χ2n) is 7.88. The Balaban J connectivity index is 1.47. The van der Waals surface area contributed by atoms with Gasteiger partial charge in [-0.25, -0.2) is 13.8 Å². The van der Waals surface area contributed by atoms with E-state index in [9.17, 15) is 18.0 Å². The lowest BCUT2D eigenvalue weighted by atomic mass is 10.2. The number of carbonyl (C=O) groups excluding carboxylic acids is 2. The van der Waals surface area contributed by atoms with Crippen molar-refractivity contribution >= 4 is 33.7 Å². The van der Waals surface area contributed by atoms with Crippen LogP contribution in [0.1, 0.15) is 11.1 Å². The summed E-state index contributed by atoms with van der Waals surface area (Å²) in [6, 6.07) is 22.7. The predicted octanol–water partition coefficient (Wildman–Crippen LogP) is 2.31. The van der Waals surface area contributed by atoms with Gasteiger partial charge >= 0.3 is 0 Å². The van der Waals surface area contributed by atoms with E-state index in [0.717, 1.165) is 16.1 Å². The molecule has 0 aliphatic heterocycles. The van der Waals surface area contributed by atoms with Gasteiger partial charge in [0.25, 0.3) is 11.8 Å². The standard InChI is InChI=1S/C26H28N4O6S/c1-35-24-10-6-9-22(15-24)30(37(2,33)34)18-25(31)29-28-17-21-11-13-23(14-12-21)36-19-26(32)27-16-20-7-4-3-5-8-20/h3-15,17H,16,18-19H2,1-2H3,(H,27,32)(H,29,31)/b28-17-. The molecule has 37 heavy (non-hydrogen) atoms. The molecule has 0 bridgehead atoms. The summed E-state index contributed by atoms with van der Waals surface area (Å²) in [5, 5.41) is 6.67. The largest absolute Gasteiger partial charge is 0.497 e. The van der Waals surface area contributed by atoms with Crippen molar-refractivity contribution in [3.05, 3.63) is 90.0 Å². The molecular formula is C26H28N4O6S. The predicted molar refractivity (Wildman–Crippen MR) is 141 cm³/mol. The first-order chi connectivity index (χ1) is 17.7. The summed E-state index contributed by atoms with van der Waals surface area (Å²) in [4.78, 5) is 24.3. The lowest BCUT2D eigenvalue weighted by molar-refractivity contribution is -0.123. The molecule has 0 saturated heterocycles. The summed E-state index contributed by atoms with van der Waals surface area (Å²) in [6.45, 7) is -0.158. The topological polar surface area (TPSA) is 126 Å². The highest BCUT2D eigenvalue weighted by Crippen LogP contribution is 2.22. The Morgan fingerprint density at radius 2 is 1.68 bits per heavy atom. The zero-order valence-electron chi connectivity index (χ0n) is 20.5. The summed E-state index contributed by atoms with van der Waals surface area (Å²) in [6.07, 6.45) is 2.42. The molecule has 0 aliphatic carbocycles. The summed E-state index contributed by atoms with van der Waals surface area (Å²) in [7, 11) is -2.26. The summed E-state index contributed by atoms with van der Waals surface area (Å²) < 4.78 is 36.0. The number of amides is 2. The third kappa shape index (κ3) is 8.97. The average molecular weight is 525 g/mol. The quantitative estimate of drug-likeness (QED) is 0.277. The molecule has 10 nitrogen and oxygen atoms in total. The van der Waals surface area contributed by atoms with Crippen molar-refractivity contribution in [1.82, 2.24) is 10.7 Å². The lowest BCUT2D eigenvalue weighted by Crippen LogP contribution is -2.39.